The first-order chi connectivity index (χ1) is 11.9. The van der Waals surface area contributed by atoms with Crippen molar-refractivity contribution in [1.29, 1.82) is 0 Å². The molecule has 6 nitrogen and oxygen atoms in total. The molecule has 0 spiro atoms. The van der Waals surface area contributed by atoms with Crippen LogP contribution in [0.25, 0.3) is 0 Å². The summed E-state index contributed by atoms with van der Waals surface area (Å²) < 4.78 is 27.9. The van der Waals surface area contributed by atoms with Crippen molar-refractivity contribution >= 4 is 15.8 Å². The van der Waals surface area contributed by atoms with Crippen LogP contribution in [0.15, 0.2) is 53.6 Å². The van der Waals surface area contributed by atoms with Crippen LogP contribution in [0.5, 0.6) is 0 Å². The summed E-state index contributed by atoms with van der Waals surface area (Å²) in [6.45, 7) is 2.45. The van der Waals surface area contributed by atoms with E-state index in [4.69, 9.17) is 0 Å². The molecule has 1 aromatic heterocycles. The molecule has 1 unspecified atom stereocenters. The fourth-order valence-corrected chi connectivity index (χ4v) is 4.20. The summed E-state index contributed by atoms with van der Waals surface area (Å²) in [6, 6.07) is 13.5. The van der Waals surface area contributed by atoms with Gasteiger partial charge in [-0.15, -0.1) is 0 Å². The predicted octanol–water partition coefficient (Wildman–Crippen LogP) is 1.70. The SMILES string of the molecule is CN(C)c1ccc(S(=O)(=O)NC2CCN(Cc3ccccc3)C2)cn1. The Morgan fingerprint density at radius 2 is 1.96 bits per heavy atom. The van der Waals surface area contributed by atoms with Gasteiger partial charge in [0.25, 0.3) is 0 Å². The van der Waals surface area contributed by atoms with Gasteiger partial charge in [0.1, 0.15) is 10.7 Å². The van der Waals surface area contributed by atoms with Gasteiger partial charge in [-0.25, -0.2) is 18.1 Å². The summed E-state index contributed by atoms with van der Waals surface area (Å²) >= 11 is 0. The molecule has 0 bridgehead atoms. The van der Waals surface area contributed by atoms with E-state index in [1.54, 1.807) is 12.1 Å². The first-order valence-corrected chi connectivity index (χ1v) is 9.84. The molecule has 2 heterocycles. The number of nitrogens with zero attached hydrogens (tertiary/aromatic N) is 3. The first-order valence-electron chi connectivity index (χ1n) is 8.36. The lowest BCUT2D eigenvalue weighted by atomic mass is 10.2. The van der Waals surface area contributed by atoms with Crippen molar-refractivity contribution in [2.75, 3.05) is 32.1 Å². The van der Waals surface area contributed by atoms with Crippen molar-refractivity contribution < 1.29 is 8.42 Å². The molecule has 25 heavy (non-hydrogen) atoms. The maximum absolute atomic E-state index is 12.6. The normalized spacial score (nSPS) is 18.4. The molecule has 0 saturated carbocycles. The number of rotatable bonds is 6. The van der Waals surface area contributed by atoms with E-state index in [9.17, 15) is 8.42 Å². The number of nitrogens with one attached hydrogen (secondary N) is 1. The number of sulfonamides is 1. The summed E-state index contributed by atoms with van der Waals surface area (Å²) in [7, 11) is 0.199. The van der Waals surface area contributed by atoms with E-state index in [1.165, 1.54) is 11.8 Å². The number of hydrogen-bond donors (Lipinski definition) is 1. The van der Waals surface area contributed by atoms with Crippen LogP contribution in [0.3, 0.4) is 0 Å². The van der Waals surface area contributed by atoms with Crippen molar-refractivity contribution in [2.24, 2.45) is 0 Å². The molecule has 0 radical (unpaired) electrons. The first kappa shape index (κ1) is 17.8. The van der Waals surface area contributed by atoms with Crippen molar-refractivity contribution in [3.05, 3.63) is 54.2 Å². The lowest BCUT2D eigenvalue weighted by Gasteiger charge is -2.17. The zero-order valence-corrected chi connectivity index (χ0v) is 15.4. The highest BCUT2D eigenvalue weighted by atomic mass is 32.2. The van der Waals surface area contributed by atoms with E-state index in [2.05, 4.69) is 26.7 Å². The second kappa shape index (κ2) is 7.51. The number of likely N-dealkylation sites (tertiary alicyclic amines) is 1. The van der Waals surface area contributed by atoms with Crippen LogP contribution >= 0.6 is 0 Å². The molecular weight excluding hydrogens is 336 g/mol. The van der Waals surface area contributed by atoms with Gasteiger partial charge in [-0.05, 0) is 24.1 Å². The van der Waals surface area contributed by atoms with Crippen LogP contribution in [0.1, 0.15) is 12.0 Å². The monoisotopic (exact) mass is 360 g/mol. The van der Waals surface area contributed by atoms with E-state index < -0.39 is 10.0 Å². The van der Waals surface area contributed by atoms with Crippen LogP contribution in [0, 0.1) is 0 Å². The number of hydrogen-bond acceptors (Lipinski definition) is 5. The fourth-order valence-electron chi connectivity index (χ4n) is 3.00. The highest BCUT2D eigenvalue weighted by Gasteiger charge is 2.27. The zero-order chi connectivity index (χ0) is 17.9. The van der Waals surface area contributed by atoms with Gasteiger partial charge < -0.3 is 4.90 Å². The third kappa shape index (κ3) is 4.56. The lowest BCUT2D eigenvalue weighted by molar-refractivity contribution is 0.324. The molecule has 1 aromatic carbocycles. The second-order valence-electron chi connectivity index (χ2n) is 6.57. The van der Waals surface area contributed by atoms with Crippen LogP contribution in [0.4, 0.5) is 5.82 Å². The third-order valence-electron chi connectivity index (χ3n) is 4.33. The minimum atomic E-state index is -3.54. The van der Waals surface area contributed by atoms with E-state index in [-0.39, 0.29) is 10.9 Å². The van der Waals surface area contributed by atoms with Gasteiger partial charge in [0.15, 0.2) is 0 Å². The van der Waals surface area contributed by atoms with E-state index in [1.807, 2.05) is 37.2 Å². The molecule has 1 fully saturated rings. The Hall–Kier alpha value is -1.96. The minimum Gasteiger partial charge on any atom is -0.363 e. The van der Waals surface area contributed by atoms with Crippen LogP contribution in [-0.4, -0.2) is 51.5 Å². The average Bonchev–Trinajstić information content (AvgIpc) is 3.02. The Kier molecular flexibility index (Phi) is 5.36. The number of pyridine rings is 1. The zero-order valence-electron chi connectivity index (χ0n) is 14.6. The predicted molar refractivity (Wildman–Crippen MR) is 99.0 cm³/mol. The highest BCUT2D eigenvalue weighted by molar-refractivity contribution is 7.89. The van der Waals surface area contributed by atoms with E-state index >= 15 is 0 Å². The number of benzene rings is 1. The number of aromatic nitrogens is 1. The minimum absolute atomic E-state index is 0.0674. The third-order valence-corrected chi connectivity index (χ3v) is 5.84. The van der Waals surface area contributed by atoms with Crippen molar-refractivity contribution in [2.45, 2.75) is 23.9 Å². The quantitative estimate of drug-likeness (QED) is 0.849. The molecular formula is C18H24N4O2S. The van der Waals surface area contributed by atoms with Crippen LogP contribution in [0.2, 0.25) is 0 Å². The molecule has 1 saturated heterocycles. The molecule has 3 rings (SSSR count). The molecule has 1 atom stereocenters. The smallest absolute Gasteiger partial charge is 0.242 e. The molecule has 7 heteroatoms. The Bertz CT molecular complexity index is 792. The summed E-state index contributed by atoms with van der Waals surface area (Å²) in [5.41, 5.74) is 1.24. The highest BCUT2D eigenvalue weighted by Crippen LogP contribution is 2.17. The summed E-state index contributed by atoms with van der Waals surface area (Å²) in [4.78, 5) is 8.50. The molecule has 2 aromatic rings. The lowest BCUT2D eigenvalue weighted by Crippen LogP contribution is -2.37. The van der Waals surface area contributed by atoms with E-state index in [0.717, 1.165) is 31.9 Å². The molecule has 0 aliphatic carbocycles. The molecule has 1 aliphatic heterocycles. The average molecular weight is 360 g/mol. The Morgan fingerprint density at radius 1 is 1.20 bits per heavy atom. The topological polar surface area (TPSA) is 65.5 Å². The van der Waals surface area contributed by atoms with Gasteiger partial charge in [0.2, 0.25) is 10.0 Å². The summed E-state index contributed by atoms with van der Waals surface area (Å²) in [5.74, 6) is 0.730. The van der Waals surface area contributed by atoms with E-state index in [0.29, 0.717) is 0 Å². The van der Waals surface area contributed by atoms with Gasteiger partial charge in [0.05, 0.1) is 0 Å². The Morgan fingerprint density at radius 3 is 2.60 bits per heavy atom. The van der Waals surface area contributed by atoms with Gasteiger partial charge in [-0.1, -0.05) is 30.3 Å². The largest absolute Gasteiger partial charge is 0.363 e. The van der Waals surface area contributed by atoms with Crippen LogP contribution < -0.4 is 9.62 Å². The standard InChI is InChI=1S/C18H24N4O2S/c1-21(2)18-9-8-17(12-19-18)25(23,24)20-16-10-11-22(14-16)13-15-6-4-3-5-7-15/h3-9,12,16,20H,10-11,13-14H2,1-2H3. The van der Waals surface area contributed by atoms with Gasteiger partial charge in [0, 0.05) is 46.0 Å². The molecule has 1 N–H and O–H groups in total. The van der Waals surface area contributed by atoms with Gasteiger partial charge >= 0.3 is 0 Å². The summed E-state index contributed by atoms with van der Waals surface area (Å²) in [5, 5.41) is 0. The Balaban J connectivity index is 1.60. The number of anilines is 1. The summed E-state index contributed by atoms with van der Waals surface area (Å²) in [6.07, 6.45) is 2.23. The second-order valence-corrected chi connectivity index (χ2v) is 8.29. The molecule has 0 amide bonds. The fraction of sp³-hybridized carbons (Fsp3) is 0.389. The maximum atomic E-state index is 12.6. The van der Waals surface area contributed by atoms with Crippen LogP contribution in [-0.2, 0) is 16.6 Å². The molecule has 134 valence electrons. The van der Waals surface area contributed by atoms with Crippen molar-refractivity contribution in [3.63, 3.8) is 0 Å². The maximum Gasteiger partial charge on any atom is 0.242 e. The van der Waals surface area contributed by atoms with Crippen molar-refractivity contribution in [1.82, 2.24) is 14.6 Å². The van der Waals surface area contributed by atoms with Gasteiger partial charge in [-0.3, -0.25) is 4.90 Å². The van der Waals surface area contributed by atoms with Gasteiger partial charge in [-0.2, -0.15) is 0 Å². The van der Waals surface area contributed by atoms with Crippen molar-refractivity contribution in [3.8, 4) is 0 Å². The Labute approximate surface area is 149 Å². The molecule has 1 aliphatic rings.